The summed E-state index contributed by atoms with van der Waals surface area (Å²) in [7, 11) is -3.47. The van der Waals surface area contributed by atoms with Crippen LogP contribution in [0.2, 0.25) is 0 Å². The number of nitrogens with zero attached hydrogens (tertiary/aromatic N) is 1. The van der Waals surface area contributed by atoms with Gasteiger partial charge in [-0.25, -0.2) is 8.42 Å². The summed E-state index contributed by atoms with van der Waals surface area (Å²) < 4.78 is 68.1. The monoisotopic (exact) mass is 484 g/mol. The average molecular weight is 485 g/mol. The Morgan fingerprint density at radius 2 is 1.55 bits per heavy atom. The van der Waals surface area contributed by atoms with Crippen LogP contribution in [0.1, 0.15) is 36.8 Å². The minimum atomic E-state index is -4.39. The number of aryl methyl sites for hydroxylation is 1. The van der Waals surface area contributed by atoms with Crippen LogP contribution in [-0.2, 0) is 27.8 Å². The lowest BCUT2D eigenvalue weighted by atomic mass is 10.1. The number of nitrogens with one attached hydrogen (secondary N) is 1. The van der Waals surface area contributed by atoms with Gasteiger partial charge in [0.05, 0.1) is 4.90 Å². The number of rotatable bonds is 9. The lowest BCUT2D eigenvalue weighted by Crippen LogP contribution is -2.35. The molecule has 0 atom stereocenters. The van der Waals surface area contributed by atoms with Gasteiger partial charge in [0.1, 0.15) is 5.75 Å². The van der Waals surface area contributed by atoms with Crippen molar-refractivity contribution in [3.05, 3.63) is 59.7 Å². The van der Waals surface area contributed by atoms with Crippen LogP contribution in [0.25, 0.3) is 0 Å². The summed E-state index contributed by atoms with van der Waals surface area (Å²) in [6.07, 6.45) is -0.904. The molecule has 1 heterocycles. The molecule has 2 aromatic carbocycles. The first-order valence-electron chi connectivity index (χ1n) is 10.8. The van der Waals surface area contributed by atoms with Crippen LogP contribution >= 0.6 is 0 Å². The Bertz CT molecular complexity index is 1020. The molecule has 180 valence electrons. The highest BCUT2D eigenvalue weighted by molar-refractivity contribution is 7.89. The lowest BCUT2D eigenvalue weighted by molar-refractivity contribution is -0.153. The molecule has 1 fully saturated rings. The van der Waals surface area contributed by atoms with E-state index in [1.54, 1.807) is 36.4 Å². The molecular formula is C23H27F3N2O4S. The summed E-state index contributed by atoms with van der Waals surface area (Å²) in [6.45, 7) is -0.0131. The maximum absolute atomic E-state index is 12.7. The van der Waals surface area contributed by atoms with Crippen LogP contribution in [0, 0.1) is 0 Å². The molecule has 1 saturated heterocycles. The third kappa shape index (κ3) is 7.75. The van der Waals surface area contributed by atoms with Crippen molar-refractivity contribution in [1.29, 1.82) is 0 Å². The highest BCUT2D eigenvalue weighted by atomic mass is 32.2. The second-order valence-corrected chi connectivity index (χ2v) is 9.87. The van der Waals surface area contributed by atoms with Crippen molar-refractivity contribution in [2.24, 2.45) is 0 Å². The van der Waals surface area contributed by atoms with Crippen molar-refractivity contribution in [2.75, 3.05) is 19.7 Å². The lowest BCUT2D eigenvalue weighted by Gasteiger charge is -2.25. The van der Waals surface area contributed by atoms with Crippen LogP contribution in [0.4, 0.5) is 13.2 Å². The van der Waals surface area contributed by atoms with Gasteiger partial charge in [-0.15, -0.1) is 0 Å². The van der Waals surface area contributed by atoms with E-state index in [0.29, 0.717) is 19.5 Å². The smallest absolute Gasteiger partial charge is 0.422 e. The fourth-order valence-corrected chi connectivity index (χ4v) is 5.02. The first-order valence-corrected chi connectivity index (χ1v) is 12.2. The maximum atomic E-state index is 12.7. The quantitative estimate of drug-likeness (QED) is 0.583. The minimum Gasteiger partial charge on any atom is -0.484 e. The molecule has 1 aliphatic rings. The number of hydrogen-bond donors (Lipinski definition) is 1. The van der Waals surface area contributed by atoms with Crippen molar-refractivity contribution in [1.82, 2.24) is 9.62 Å². The molecule has 0 aromatic heterocycles. The third-order valence-corrected chi connectivity index (χ3v) is 7.25. The summed E-state index contributed by atoms with van der Waals surface area (Å²) in [5, 5.41) is 2.76. The van der Waals surface area contributed by atoms with Crippen LogP contribution in [-0.4, -0.2) is 44.5 Å². The zero-order valence-electron chi connectivity index (χ0n) is 18.1. The van der Waals surface area contributed by atoms with Crippen molar-refractivity contribution in [3.8, 4) is 5.75 Å². The van der Waals surface area contributed by atoms with E-state index in [0.717, 1.165) is 30.4 Å². The molecule has 1 N–H and O–H groups in total. The van der Waals surface area contributed by atoms with Gasteiger partial charge in [-0.1, -0.05) is 30.7 Å². The Kier molecular flexibility index (Phi) is 8.36. The van der Waals surface area contributed by atoms with Gasteiger partial charge in [0.25, 0.3) is 0 Å². The van der Waals surface area contributed by atoms with Crippen molar-refractivity contribution >= 4 is 15.9 Å². The van der Waals surface area contributed by atoms with Gasteiger partial charge >= 0.3 is 6.18 Å². The Balaban J connectivity index is 1.43. The van der Waals surface area contributed by atoms with E-state index in [9.17, 15) is 26.4 Å². The predicted octanol–water partition coefficient (Wildman–Crippen LogP) is 4.05. The Morgan fingerprint density at radius 3 is 2.15 bits per heavy atom. The van der Waals surface area contributed by atoms with Gasteiger partial charge in [-0.3, -0.25) is 4.79 Å². The van der Waals surface area contributed by atoms with E-state index in [1.165, 1.54) is 16.4 Å². The number of hydrogen-bond acceptors (Lipinski definition) is 4. The van der Waals surface area contributed by atoms with Gasteiger partial charge in [-0.2, -0.15) is 17.5 Å². The summed E-state index contributed by atoms with van der Waals surface area (Å²) in [5.74, 6) is -0.0782. The van der Waals surface area contributed by atoms with Crippen molar-refractivity contribution in [2.45, 2.75) is 49.7 Å². The van der Waals surface area contributed by atoms with Crippen molar-refractivity contribution < 1.29 is 31.1 Å². The highest BCUT2D eigenvalue weighted by Crippen LogP contribution is 2.21. The summed E-state index contributed by atoms with van der Waals surface area (Å²) in [6, 6.07) is 12.6. The van der Waals surface area contributed by atoms with Crippen LogP contribution < -0.4 is 10.1 Å². The SMILES string of the molecule is O=C(CCc1ccc(S(=O)(=O)N2CCCCC2)cc1)NCc1ccc(OCC(F)(F)F)cc1. The molecule has 0 bridgehead atoms. The van der Waals surface area contributed by atoms with E-state index >= 15 is 0 Å². The van der Waals surface area contributed by atoms with E-state index in [1.807, 2.05) is 0 Å². The van der Waals surface area contributed by atoms with E-state index < -0.39 is 22.8 Å². The molecule has 6 nitrogen and oxygen atoms in total. The number of sulfonamides is 1. The predicted molar refractivity (Wildman–Crippen MR) is 117 cm³/mol. The maximum Gasteiger partial charge on any atom is 0.422 e. The molecule has 0 unspecified atom stereocenters. The van der Waals surface area contributed by atoms with Crippen molar-refractivity contribution in [3.63, 3.8) is 0 Å². The van der Waals surface area contributed by atoms with E-state index in [2.05, 4.69) is 10.1 Å². The topological polar surface area (TPSA) is 75.7 Å². The molecule has 1 aliphatic heterocycles. The number of benzene rings is 2. The summed E-state index contributed by atoms with van der Waals surface area (Å²) in [5.41, 5.74) is 1.59. The largest absolute Gasteiger partial charge is 0.484 e. The normalized spacial score (nSPS) is 15.2. The number of carbonyl (C=O) groups is 1. The third-order valence-electron chi connectivity index (χ3n) is 5.33. The molecule has 10 heteroatoms. The van der Waals surface area contributed by atoms with Crippen LogP contribution in [0.15, 0.2) is 53.4 Å². The van der Waals surface area contributed by atoms with Gasteiger partial charge in [0, 0.05) is 26.1 Å². The second kappa shape index (κ2) is 11.0. The molecule has 0 aliphatic carbocycles. The molecule has 0 spiro atoms. The van der Waals surface area contributed by atoms with E-state index in [-0.39, 0.29) is 29.5 Å². The Labute approximate surface area is 191 Å². The standard InChI is InChI=1S/C23H27F3N2O4S/c24-23(25,26)17-32-20-9-4-19(5-10-20)16-27-22(29)13-8-18-6-11-21(12-7-18)33(30,31)28-14-2-1-3-15-28/h4-7,9-12H,1-3,8,13-17H2,(H,27,29). The van der Waals surface area contributed by atoms with E-state index in [4.69, 9.17) is 0 Å². The fourth-order valence-electron chi connectivity index (χ4n) is 3.50. The molecule has 2 aromatic rings. The molecule has 0 saturated carbocycles. The number of ether oxygens (including phenoxy) is 1. The fraction of sp³-hybridized carbons (Fsp3) is 0.435. The summed E-state index contributed by atoms with van der Waals surface area (Å²) >= 11 is 0. The Morgan fingerprint density at radius 1 is 0.939 bits per heavy atom. The molecule has 33 heavy (non-hydrogen) atoms. The minimum absolute atomic E-state index is 0.105. The Hall–Kier alpha value is -2.59. The number of halogens is 3. The number of piperidine rings is 1. The first-order chi connectivity index (χ1) is 15.6. The number of alkyl halides is 3. The van der Waals surface area contributed by atoms with Gasteiger partial charge in [-0.05, 0) is 54.7 Å². The average Bonchev–Trinajstić information content (AvgIpc) is 2.81. The highest BCUT2D eigenvalue weighted by Gasteiger charge is 2.28. The molecule has 0 radical (unpaired) electrons. The zero-order valence-corrected chi connectivity index (χ0v) is 18.9. The van der Waals surface area contributed by atoms with Gasteiger partial charge in [0.2, 0.25) is 15.9 Å². The number of carbonyl (C=O) groups excluding carboxylic acids is 1. The zero-order chi connectivity index (χ0) is 23.9. The van der Waals surface area contributed by atoms with Gasteiger partial charge < -0.3 is 10.1 Å². The molecule has 3 rings (SSSR count). The summed E-state index contributed by atoms with van der Waals surface area (Å²) in [4.78, 5) is 12.4. The molecular weight excluding hydrogens is 457 g/mol. The van der Waals surface area contributed by atoms with Crippen LogP contribution in [0.3, 0.4) is 0 Å². The van der Waals surface area contributed by atoms with Crippen LogP contribution in [0.5, 0.6) is 5.75 Å². The first kappa shape index (κ1) is 25.0. The number of amides is 1. The second-order valence-electron chi connectivity index (χ2n) is 7.93. The molecule has 1 amide bonds. The van der Waals surface area contributed by atoms with Gasteiger partial charge in [0.15, 0.2) is 6.61 Å².